The summed E-state index contributed by atoms with van der Waals surface area (Å²) in [6.07, 6.45) is 1.22. The summed E-state index contributed by atoms with van der Waals surface area (Å²) in [6, 6.07) is 0.634. The van der Waals surface area contributed by atoms with Gasteiger partial charge in [-0.1, -0.05) is 0 Å². The number of hydrogen-bond acceptors (Lipinski definition) is 5. The summed E-state index contributed by atoms with van der Waals surface area (Å²) >= 11 is 0. The highest BCUT2D eigenvalue weighted by Crippen LogP contribution is 2.18. The van der Waals surface area contributed by atoms with E-state index >= 15 is 0 Å². The summed E-state index contributed by atoms with van der Waals surface area (Å²) in [7, 11) is 1.89. The minimum atomic E-state index is 0. The number of nitrogens with zero attached hydrogens (tertiary/aromatic N) is 4. The van der Waals surface area contributed by atoms with E-state index in [0.717, 1.165) is 78.2 Å². The number of rotatable bonds is 4. The standard InChI is InChI=1S/C18H35N5O2.HI/c1-18(2,23-8-12-25-13-9-23)15-20-17(19-3)22-5-4-16(14-22)21-6-10-24-11-7-21;/h16H,4-15H2,1-3H3,(H,19,20);1H. The normalized spacial score (nSPS) is 26.7. The molecule has 26 heavy (non-hydrogen) atoms. The summed E-state index contributed by atoms with van der Waals surface area (Å²) < 4.78 is 11.0. The first-order chi connectivity index (χ1) is 12.1. The maximum atomic E-state index is 5.48. The van der Waals surface area contributed by atoms with Crippen molar-refractivity contribution in [1.82, 2.24) is 20.0 Å². The van der Waals surface area contributed by atoms with Gasteiger partial charge in [0.25, 0.3) is 0 Å². The summed E-state index contributed by atoms with van der Waals surface area (Å²) in [5.74, 6) is 1.04. The van der Waals surface area contributed by atoms with Gasteiger partial charge >= 0.3 is 0 Å². The maximum Gasteiger partial charge on any atom is 0.193 e. The van der Waals surface area contributed by atoms with Crippen LogP contribution in [0.2, 0.25) is 0 Å². The van der Waals surface area contributed by atoms with Gasteiger partial charge in [0, 0.05) is 64.4 Å². The second kappa shape index (κ2) is 10.4. The van der Waals surface area contributed by atoms with E-state index in [1.807, 2.05) is 7.05 Å². The molecule has 1 unspecified atom stereocenters. The highest BCUT2D eigenvalue weighted by atomic mass is 127. The molecule has 152 valence electrons. The summed E-state index contributed by atoms with van der Waals surface area (Å²) in [5, 5.41) is 3.62. The Kier molecular flexibility index (Phi) is 8.85. The van der Waals surface area contributed by atoms with Crippen LogP contribution in [-0.2, 0) is 9.47 Å². The first-order valence-electron chi connectivity index (χ1n) is 9.70. The number of aliphatic imine (C=N–C) groups is 1. The van der Waals surface area contributed by atoms with Crippen molar-refractivity contribution in [3.63, 3.8) is 0 Å². The molecule has 0 radical (unpaired) electrons. The monoisotopic (exact) mass is 481 g/mol. The van der Waals surface area contributed by atoms with Crippen LogP contribution in [0, 0.1) is 0 Å². The van der Waals surface area contributed by atoms with E-state index in [9.17, 15) is 0 Å². The summed E-state index contributed by atoms with van der Waals surface area (Å²) in [5.41, 5.74) is 0.100. The van der Waals surface area contributed by atoms with Gasteiger partial charge in [-0.3, -0.25) is 14.8 Å². The molecule has 3 heterocycles. The predicted octanol–water partition coefficient (Wildman–Crippen LogP) is 0.697. The van der Waals surface area contributed by atoms with Gasteiger partial charge in [0.2, 0.25) is 0 Å². The lowest BCUT2D eigenvalue weighted by Gasteiger charge is -2.41. The second-order valence-electron chi connectivity index (χ2n) is 7.85. The number of ether oxygens (including phenoxy) is 2. The topological polar surface area (TPSA) is 52.6 Å². The minimum Gasteiger partial charge on any atom is -0.379 e. The van der Waals surface area contributed by atoms with E-state index in [4.69, 9.17) is 9.47 Å². The Morgan fingerprint density at radius 2 is 1.65 bits per heavy atom. The smallest absolute Gasteiger partial charge is 0.193 e. The largest absolute Gasteiger partial charge is 0.379 e. The Morgan fingerprint density at radius 3 is 2.27 bits per heavy atom. The first kappa shape index (κ1) is 22.1. The van der Waals surface area contributed by atoms with Gasteiger partial charge in [0.05, 0.1) is 26.4 Å². The summed E-state index contributed by atoms with van der Waals surface area (Å²) in [6.45, 7) is 15.2. The van der Waals surface area contributed by atoms with Crippen molar-refractivity contribution in [1.29, 1.82) is 0 Å². The first-order valence-corrected chi connectivity index (χ1v) is 9.70. The van der Waals surface area contributed by atoms with E-state index in [1.54, 1.807) is 0 Å². The molecule has 1 atom stereocenters. The molecule has 0 aromatic heterocycles. The van der Waals surface area contributed by atoms with Gasteiger partial charge < -0.3 is 19.7 Å². The number of likely N-dealkylation sites (tertiary alicyclic amines) is 1. The molecule has 0 aromatic rings. The van der Waals surface area contributed by atoms with Gasteiger partial charge in [-0.05, 0) is 20.3 Å². The molecule has 0 aromatic carbocycles. The molecular weight excluding hydrogens is 445 g/mol. The molecule has 3 saturated heterocycles. The number of nitrogens with one attached hydrogen (secondary N) is 1. The average Bonchev–Trinajstić information content (AvgIpc) is 3.14. The zero-order valence-electron chi connectivity index (χ0n) is 16.6. The highest BCUT2D eigenvalue weighted by Gasteiger charge is 2.32. The molecule has 3 aliphatic rings. The van der Waals surface area contributed by atoms with Gasteiger partial charge in [0.1, 0.15) is 0 Å². The Hall–Kier alpha value is -0.160. The Balaban J connectivity index is 0.00000243. The number of hydrogen-bond donors (Lipinski definition) is 1. The van der Waals surface area contributed by atoms with Gasteiger partial charge in [-0.2, -0.15) is 0 Å². The fourth-order valence-electron chi connectivity index (χ4n) is 4.08. The molecule has 3 rings (SSSR count). The van der Waals surface area contributed by atoms with Crippen molar-refractivity contribution < 1.29 is 9.47 Å². The molecule has 3 fully saturated rings. The van der Waals surface area contributed by atoms with Crippen LogP contribution >= 0.6 is 24.0 Å². The maximum absolute atomic E-state index is 5.48. The van der Waals surface area contributed by atoms with Crippen LogP contribution < -0.4 is 5.32 Å². The number of halogens is 1. The molecule has 0 amide bonds. The Morgan fingerprint density at radius 1 is 1.04 bits per heavy atom. The molecule has 0 saturated carbocycles. The molecule has 0 bridgehead atoms. The quantitative estimate of drug-likeness (QED) is 0.363. The third kappa shape index (κ3) is 5.67. The van der Waals surface area contributed by atoms with E-state index < -0.39 is 0 Å². The zero-order chi connectivity index (χ0) is 17.7. The van der Waals surface area contributed by atoms with Crippen LogP contribution in [0.1, 0.15) is 20.3 Å². The lowest BCUT2D eigenvalue weighted by Crippen LogP contribution is -2.57. The number of morpholine rings is 2. The molecular formula is C18H36IN5O2. The van der Waals surface area contributed by atoms with E-state index in [0.29, 0.717) is 6.04 Å². The van der Waals surface area contributed by atoms with Gasteiger partial charge in [0.15, 0.2) is 5.96 Å². The fourth-order valence-corrected chi connectivity index (χ4v) is 4.08. The third-order valence-corrected chi connectivity index (χ3v) is 5.78. The van der Waals surface area contributed by atoms with E-state index in [1.165, 1.54) is 6.42 Å². The molecule has 8 heteroatoms. The van der Waals surface area contributed by atoms with Gasteiger partial charge in [-0.25, -0.2) is 0 Å². The van der Waals surface area contributed by atoms with Crippen molar-refractivity contribution in [3.05, 3.63) is 0 Å². The van der Waals surface area contributed by atoms with Crippen LogP contribution in [-0.4, -0.2) is 112 Å². The Bertz CT molecular complexity index is 451. The van der Waals surface area contributed by atoms with Crippen molar-refractivity contribution in [2.75, 3.05) is 79.3 Å². The minimum absolute atomic E-state index is 0. The SMILES string of the molecule is CN=C(NCC(C)(C)N1CCOCC1)N1CCC(N2CCOCC2)C1.I. The van der Waals surface area contributed by atoms with E-state index in [2.05, 4.69) is 38.9 Å². The fraction of sp³-hybridized carbons (Fsp3) is 0.944. The molecule has 0 spiro atoms. The van der Waals surface area contributed by atoms with Crippen molar-refractivity contribution in [3.8, 4) is 0 Å². The van der Waals surface area contributed by atoms with Crippen LogP contribution in [0.25, 0.3) is 0 Å². The summed E-state index contributed by atoms with van der Waals surface area (Å²) in [4.78, 5) is 12.0. The zero-order valence-corrected chi connectivity index (χ0v) is 18.9. The van der Waals surface area contributed by atoms with Crippen LogP contribution in [0.5, 0.6) is 0 Å². The van der Waals surface area contributed by atoms with E-state index in [-0.39, 0.29) is 29.5 Å². The van der Waals surface area contributed by atoms with Crippen molar-refractivity contribution in [2.45, 2.75) is 31.8 Å². The lowest BCUT2D eigenvalue weighted by atomic mass is 10.0. The lowest BCUT2D eigenvalue weighted by molar-refractivity contribution is -0.00848. The van der Waals surface area contributed by atoms with Crippen LogP contribution in [0.15, 0.2) is 4.99 Å². The van der Waals surface area contributed by atoms with Crippen LogP contribution in [0.3, 0.4) is 0 Å². The Labute approximate surface area is 175 Å². The van der Waals surface area contributed by atoms with Gasteiger partial charge in [-0.15, -0.1) is 24.0 Å². The third-order valence-electron chi connectivity index (χ3n) is 5.78. The molecule has 3 aliphatic heterocycles. The molecule has 1 N–H and O–H groups in total. The second-order valence-corrected chi connectivity index (χ2v) is 7.85. The van der Waals surface area contributed by atoms with Crippen molar-refractivity contribution in [2.24, 2.45) is 4.99 Å². The molecule has 0 aliphatic carbocycles. The van der Waals surface area contributed by atoms with Crippen molar-refractivity contribution >= 4 is 29.9 Å². The highest BCUT2D eigenvalue weighted by molar-refractivity contribution is 14.0. The predicted molar refractivity (Wildman–Crippen MR) is 116 cm³/mol. The van der Waals surface area contributed by atoms with Crippen LogP contribution in [0.4, 0.5) is 0 Å². The number of guanidine groups is 1. The average molecular weight is 481 g/mol. The molecule has 7 nitrogen and oxygen atoms in total.